The van der Waals surface area contributed by atoms with E-state index in [4.69, 9.17) is 9.98 Å². The van der Waals surface area contributed by atoms with E-state index in [9.17, 15) is 8.78 Å². The number of halogens is 2. The molecule has 1 fully saturated rings. The molecule has 7 heteroatoms. The molecule has 2 aromatic carbocycles. The van der Waals surface area contributed by atoms with Gasteiger partial charge >= 0.3 is 0 Å². The van der Waals surface area contributed by atoms with Crippen LogP contribution in [0.4, 0.5) is 20.2 Å². The van der Waals surface area contributed by atoms with Gasteiger partial charge in [-0.2, -0.15) is 0 Å². The van der Waals surface area contributed by atoms with Gasteiger partial charge in [0, 0.05) is 18.0 Å². The zero-order valence-corrected chi connectivity index (χ0v) is 19.2. The minimum Gasteiger partial charge on any atom is -0.352 e. The zero-order chi connectivity index (χ0) is 23.9. The average molecular weight is 468 g/mol. The largest absolute Gasteiger partial charge is 0.352 e. The molecule has 1 N–H and O–H groups in total. The minimum atomic E-state index is -0.895. The van der Waals surface area contributed by atoms with Gasteiger partial charge in [0.2, 0.25) is 0 Å². The summed E-state index contributed by atoms with van der Waals surface area (Å²) in [6.07, 6.45) is 5.05. The van der Waals surface area contributed by atoms with Crippen molar-refractivity contribution >= 4 is 22.4 Å². The van der Waals surface area contributed by atoms with Crippen molar-refractivity contribution in [2.24, 2.45) is 4.99 Å². The molecule has 174 valence electrons. The van der Waals surface area contributed by atoms with Crippen LogP contribution in [0.5, 0.6) is 0 Å². The molecule has 6 rings (SSSR count). The van der Waals surface area contributed by atoms with E-state index in [0.717, 1.165) is 58.1 Å². The molecule has 0 atom stereocenters. The Kier molecular flexibility index (Phi) is 5.25. The van der Waals surface area contributed by atoms with Crippen molar-refractivity contribution in [2.75, 3.05) is 5.32 Å². The first-order valence-corrected chi connectivity index (χ1v) is 11.7. The number of pyridine rings is 1. The Bertz CT molecular complexity index is 1600. The van der Waals surface area contributed by atoms with Crippen LogP contribution >= 0.6 is 0 Å². The Labute approximate surface area is 201 Å². The van der Waals surface area contributed by atoms with E-state index in [-0.39, 0.29) is 6.04 Å². The summed E-state index contributed by atoms with van der Waals surface area (Å²) in [7, 11) is 0. The van der Waals surface area contributed by atoms with Gasteiger partial charge in [0.1, 0.15) is 0 Å². The fourth-order valence-corrected chi connectivity index (χ4v) is 4.42. The second-order valence-corrected chi connectivity index (χ2v) is 8.87. The van der Waals surface area contributed by atoms with Crippen LogP contribution in [-0.4, -0.2) is 20.6 Å². The van der Waals surface area contributed by atoms with Gasteiger partial charge in [-0.15, -0.1) is 0 Å². The smallest absolute Gasteiger partial charge is 0.160 e. The first-order chi connectivity index (χ1) is 17.1. The van der Waals surface area contributed by atoms with Crippen LogP contribution in [0.2, 0.25) is 0 Å². The van der Waals surface area contributed by atoms with Gasteiger partial charge in [-0.25, -0.2) is 13.8 Å². The number of anilines is 2. The normalized spacial score (nSPS) is 14.4. The highest BCUT2D eigenvalue weighted by Crippen LogP contribution is 2.31. The Morgan fingerprint density at radius 2 is 1.80 bits per heavy atom. The van der Waals surface area contributed by atoms with Gasteiger partial charge in [-0.05, 0) is 74.7 Å². The minimum absolute atomic E-state index is 0.271. The number of fused-ring (bicyclic) bond motifs is 2. The lowest BCUT2D eigenvalue weighted by atomic mass is 9.94. The number of hydrogen-bond donors (Lipinski definition) is 1. The van der Waals surface area contributed by atoms with Gasteiger partial charge in [-0.1, -0.05) is 12.1 Å². The number of aromatic nitrogens is 3. The monoisotopic (exact) mass is 467 g/mol. The lowest BCUT2D eigenvalue weighted by molar-refractivity contribution is 0.413. The summed E-state index contributed by atoms with van der Waals surface area (Å²) in [6.45, 7) is 1.95. The lowest BCUT2D eigenvalue weighted by Gasteiger charge is -2.23. The third kappa shape index (κ3) is 3.93. The summed E-state index contributed by atoms with van der Waals surface area (Å²) in [5.74, 6) is -1.77. The fourth-order valence-electron chi connectivity index (χ4n) is 4.42. The molecule has 1 saturated carbocycles. The van der Waals surface area contributed by atoms with E-state index in [0.29, 0.717) is 11.4 Å². The molecule has 0 saturated heterocycles. The van der Waals surface area contributed by atoms with Crippen LogP contribution in [0.25, 0.3) is 28.1 Å². The summed E-state index contributed by atoms with van der Waals surface area (Å²) >= 11 is 0. The molecule has 35 heavy (non-hydrogen) atoms. The van der Waals surface area contributed by atoms with E-state index in [2.05, 4.69) is 10.3 Å². The highest BCUT2D eigenvalue weighted by Gasteiger charge is 2.20. The number of para-hydroxylation sites is 2. The molecule has 3 aliphatic rings. The Morgan fingerprint density at radius 3 is 2.57 bits per heavy atom. The molecule has 1 aliphatic heterocycles. The van der Waals surface area contributed by atoms with Crippen molar-refractivity contribution in [3.63, 3.8) is 0 Å². The third-order valence-electron chi connectivity index (χ3n) is 6.53. The summed E-state index contributed by atoms with van der Waals surface area (Å²) in [6, 6.07) is 19.7. The van der Waals surface area contributed by atoms with E-state index in [1.54, 1.807) is 12.3 Å². The van der Waals surface area contributed by atoms with Crippen LogP contribution in [-0.2, 0) is 0 Å². The highest BCUT2D eigenvalue weighted by molar-refractivity contribution is 5.84. The number of nitrogens with one attached hydrogen (secondary N) is 1. The number of nitrogens with zero attached hydrogens (tertiary/aromatic N) is 4. The first kappa shape index (κ1) is 21.4. The summed E-state index contributed by atoms with van der Waals surface area (Å²) < 4.78 is 30.0. The van der Waals surface area contributed by atoms with Crippen molar-refractivity contribution in [1.82, 2.24) is 14.5 Å². The molecular formula is C28H23F2N5. The van der Waals surface area contributed by atoms with E-state index in [1.165, 1.54) is 12.5 Å². The van der Waals surface area contributed by atoms with Crippen LogP contribution in [0, 0.1) is 18.6 Å². The standard InChI is InChI=1S/C28H23F2N5/c1-17-22(9-5-13-31-17)33-24-15-26-28(16-25(24)32-18-6-4-7-18)35(19-11-12-20(29)21(30)14-19)27-10-3-2-8-23(27)34-26/h2-3,5,8-16,18,33H,4,6-7H2,1H3. The molecule has 0 spiro atoms. The number of benzene rings is 3. The van der Waals surface area contributed by atoms with Crippen molar-refractivity contribution < 1.29 is 8.78 Å². The predicted octanol–water partition coefficient (Wildman–Crippen LogP) is 6.31. The molecule has 0 amide bonds. The van der Waals surface area contributed by atoms with Crippen molar-refractivity contribution in [3.05, 3.63) is 95.6 Å². The lowest BCUT2D eigenvalue weighted by Crippen LogP contribution is -2.22. The second kappa shape index (κ2) is 8.58. The van der Waals surface area contributed by atoms with Gasteiger partial charge in [-0.3, -0.25) is 9.98 Å². The number of hydrogen-bond acceptors (Lipinski definition) is 4. The Hall–Kier alpha value is -4.13. The molecule has 0 radical (unpaired) electrons. The predicted molar refractivity (Wildman–Crippen MR) is 133 cm³/mol. The zero-order valence-electron chi connectivity index (χ0n) is 19.2. The van der Waals surface area contributed by atoms with Crippen molar-refractivity contribution in [1.29, 1.82) is 0 Å². The van der Waals surface area contributed by atoms with Crippen molar-refractivity contribution in [2.45, 2.75) is 32.2 Å². The van der Waals surface area contributed by atoms with E-state index < -0.39 is 11.6 Å². The quantitative estimate of drug-likeness (QED) is 0.315. The van der Waals surface area contributed by atoms with E-state index in [1.807, 2.05) is 60.0 Å². The van der Waals surface area contributed by atoms with E-state index >= 15 is 0 Å². The van der Waals surface area contributed by atoms with Crippen LogP contribution in [0.1, 0.15) is 25.0 Å². The third-order valence-corrected chi connectivity index (χ3v) is 6.53. The molecule has 0 bridgehead atoms. The molecule has 5 nitrogen and oxygen atoms in total. The summed E-state index contributed by atoms with van der Waals surface area (Å²) in [5.41, 5.74) is 6.15. The van der Waals surface area contributed by atoms with Crippen molar-refractivity contribution in [3.8, 4) is 17.1 Å². The van der Waals surface area contributed by atoms with Crippen LogP contribution in [0.15, 0.2) is 77.9 Å². The Balaban J connectivity index is 1.65. The van der Waals surface area contributed by atoms with Gasteiger partial charge in [0.15, 0.2) is 11.6 Å². The first-order valence-electron chi connectivity index (χ1n) is 11.7. The van der Waals surface area contributed by atoms with Gasteiger partial charge < -0.3 is 9.88 Å². The molecule has 2 aliphatic carbocycles. The maximum absolute atomic E-state index is 14.3. The Morgan fingerprint density at radius 1 is 0.943 bits per heavy atom. The maximum atomic E-state index is 14.3. The average Bonchev–Trinajstić information content (AvgIpc) is 2.83. The molecule has 3 aromatic rings. The topological polar surface area (TPSA) is 55.1 Å². The summed E-state index contributed by atoms with van der Waals surface area (Å²) in [4.78, 5) is 14.3. The number of aryl methyl sites for hydroxylation is 1. The molecular weight excluding hydrogens is 444 g/mol. The molecule has 0 unspecified atom stereocenters. The SMILES string of the molecule is Cc1ncccc1Nc1cc2nc3ccccc3n(-c3ccc(F)c(F)c3)c-2cc1=NC1CCC1. The second-order valence-electron chi connectivity index (χ2n) is 8.87. The van der Waals surface area contributed by atoms with Gasteiger partial charge in [0.05, 0.1) is 50.9 Å². The maximum Gasteiger partial charge on any atom is 0.160 e. The van der Waals surface area contributed by atoms with Crippen LogP contribution in [0.3, 0.4) is 0 Å². The number of rotatable bonds is 4. The fraction of sp³-hybridized carbons (Fsp3) is 0.179. The van der Waals surface area contributed by atoms with Crippen LogP contribution < -0.4 is 10.7 Å². The highest BCUT2D eigenvalue weighted by atomic mass is 19.2. The molecule has 1 aromatic heterocycles. The summed E-state index contributed by atoms with van der Waals surface area (Å²) in [5, 5.41) is 4.30. The van der Waals surface area contributed by atoms with Gasteiger partial charge in [0.25, 0.3) is 0 Å². The molecule has 2 heterocycles.